The number of carbonyl (C=O) groups is 2. The quantitative estimate of drug-likeness (QED) is 0.0182. The fourth-order valence-corrected chi connectivity index (χ4v) is 6.22. The number of carbonyl (C=O) groups excluding carboxylic acids is 2. The van der Waals surface area contributed by atoms with E-state index in [1.807, 2.05) is 0 Å². The SMILES string of the molecule is CCCCC/C=C\C/C=C\CCCCCCCC(=O)O[C@H](COC(=O)CCCCCCCCCCCCCCC)COP(=O)(O)OCC(O)CO.[Na]. The van der Waals surface area contributed by atoms with E-state index < -0.39 is 51.8 Å². The van der Waals surface area contributed by atoms with E-state index in [-0.39, 0.29) is 49.0 Å². The Morgan fingerprint density at radius 2 is 1.02 bits per heavy atom. The van der Waals surface area contributed by atoms with Crippen LogP contribution in [-0.4, -0.2) is 95.2 Å². The second kappa shape index (κ2) is 40.1. The van der Waals surface area contributed by atoms with Gasteiger partial charge in [0.1, 0.15) is 12.7 Å². The Bertz CT molecular complexity index is 917. The van der Waals surface area contributed by atoms with Crippen LogP contribution in [0.4, 0.5) is 0 Å². The molecule has 2 unspecified atom stereocenters. The van der Waals surface area contributed by atoms with E-state index in [1.165, 1.54) is 77.0 Å². The number of phosphoric ester groups is 1. The van der Waals surface area contributed by atoms with Crippen molar-refractivity contribution in [3.05, 3.63) is 24.3 Å². The minimum atomic E-state index is -4.61. The van der Waals surface area contributed by atoms with Crippen LogP contribution in [0.3, 0.4) is 0 Å². The molecule has 0 spiro atoms. The molecule has 52 heavy (non-hydrogen) atoms. The summed E-state index contributed by atoms with van der Waals surface area (Å²) in [7, 11) is -4.61. The van der Waals surface area contributed by atoms with Crippen LogP contribution < -0.4 is 0 Å². The third-order valence-electron chi connectivity index (χ3n) is 8.61. The van der Waals surface area contributed by atoms with Gasteiger partial charge in [0.25, 0.3) is 0 Å². The van der Waals surface area contributed by atoms with Gasteiger partial charge in [-0.15, -0.1) is 0 Å². The third kappa shape index (κ3) is 39.2. The van der Waals surface area contributed by atoms with Gasteiger partial charge in [0.15, 0.2) is 6.10 Å². The van der Waals surface area contributed by atoms with Crippen molar-refractivity contribution >= 4 is 49.3 Å². The summed E-state index contributed by atoms with van der Waals surface area (Å²) >= 11 is 0. The predicted molar refractivity (Wildman–Crippen MR) is 211 cm³/mol. The van der Waals surface area contributed by atoms with Gasteiger partial charge >= 0.3 is 19.8 Å². The third-order valence-corrected chi connectivity index (χ3v) is 9.56. The number of aliphatic hydroxyl groups is 2. The van der Waals surface area contributed by atoms with E-state index in [4.69, 9.17) is 19.1 Å². The van der Waals surface area contributed by atoms with Crippen LogP contribution in [0.5, 0.6) is 0 Å². The number of phosphoric acid groups is 1. The van der Waals surface area contributed by atoms with E-state index in [9.17, 15) is 24.2 Å². The van der Waals surface area contributed by atoms with Crippen LogP contribution in [0.25, 0.3) is 0 Å². The largest absolute Gasteiger partial charge is 0.472 e. The van der Waals surface area contributed by atoms with Gasteiger partial charge in [0, 0.05) is 42.4 Å². The van der Waals surface area contributed by atoms with Crippen LogP contribution in [0.2, 0.25) is 0 Å². The van der Waals surface area contributed by atoms with E-state index in [0.29, 0.717) is 12.8 Å². The summed E-state index contributed by atoms with van der Waals surface area (Å²) < 4.78 is 32.6. The zero-order valence-corrected chi connectivity index (χ0v) is 36.2. The molecule has 0 aromatic carbocycles. The molecule has 1 radical (unpaired) electrons. The van der Waals surface area contributed by atoms with Crippen molar-refractivity contribution < 1.29 is 47.8 Å². The first-order valence-electron chi connectivity index (χ1n) is 20.3. The summed E-state index contributed by atoms with van der Waals surface area (Å²) in [5.74, 6) is -0.937. The summed E-state index contributed by atoms with van der Waals surface area (Å²) in [5, 5.41) is 18.3. The van der Waals surface area contributed by atoms with E-state index in [1.54, 1.807) is 0 Å². The second-order valence-electron chi connectivity index (χ2n) is 13.7. The molecular weight excluding hydrogens is 694 g/mol. The summed E-state index contributed by atoms with van der Waals surface area (Å²) in [6, 6.07) is 0. The van der Waals surface area contributed by atoms with E-state index in [2.05, 4.69) is 42.7 Å². The first-order chi connectivity index (χ1) is 24.7. The molecule has 0 aliphatic rings. The van der Waals surface area contributed by atoms with Crippen molar-refractivity contribution in [1.29, 1.82) is 0 Å². The number of hydrogen-bond acceptors (Lipinski definition) is 9. The Labute approximate surface area is 339 Å². The van der Waals surface area contributed by atoms with Gasteiger partial charge in [0.05, 0.1) is 19.8 Å². The molecule has 0 aromatic rings. The molecule has 0 aromatic heterocycles. The molecular formula is C40H75NaO10P. The molecule has 0 heterocycles. The summed E-state index contributed by atoms with van der Waals surface area (Å²) in [5.41, 5.74) is 0. The fourth-order valence-electron chi connectivity index (χ4n) is 5.43. The van der Waals surface area contributed by atoms with Crippen LogP contribution in [-0.2, 0) is 32.7 Å². The van der Waals surface area contributed by atoms with E-state index >= 15 is 0 Å². The second-order valence-corrected chi connectivity index (χ2v) is 15.1. The molecule has 0 amide bonds. The molecule has 0 rings (SSSR count). The van der Waals surface area contributed by atoms with Gasteiger partial charge in [-0.25, -0.2) is 4.57 Å². The van der Waals surface area contributed by atoms with Crippen LogP contribution >= 0.6 is 7.82 Å². The molecule has 0 bridgehead atoms. The monoisotopic (exact) mass is 769 g/mol. The molecule has 0 aliphatic carbocycles. The predicted octanol–water partition coefficient (Wildman–Crippen LogP) is 9.84. The van der Waals surface area contributed by atoms with Crippen molar-refractivity contribution in [2.45, 2.75) is 193 Å². The summed E-state index contributed by atoms with van der Waals surface area (Å²) in [4.78, 5) is 34.9. The fraction of sp³-hybridized carbons (Fsp3) is 0.850. The Balaban J connectivity index is 0. The zero-order valence-electron chi connectivity index (χ0n) is 33.3. The van der Waals surface area contributed by atoms with Gasteiger partial charge in [0.2, 0.25) is 0 Å². The normalized spacial score (nSPS) is 13.9. The van der Waals surface area contributed by atoms with Crippen molar-refractivity contribution in [2.75, 3.05) is 26.4 Å². The number of unbranched alkanes of at least 4 members (excludes halogenated alkanes) is 20. The van der Waals surface area contributed by atoms with Crippen LogP contribution in [0.15, 0.2) is 24.3 Å². The maximum atomic E-state index is 12.6. The number of aliphatic hydroxyl groups excluding tert-OH is 2. The van der Waals surface area contributed by atoms with Gasteiger partial charge < -0.3 is 24.6 Å². The van der Waals surface area contributed by atoms with Gasteiger partial charge in [-0.05, 0) is 44.9 Å². The molecule has 0 saturated heterocycles. The average Bonchev–Trinajstić information content (AvgIpc) is 3.12. The number of allylic oxidation sites excluding steroid dienone is 4. The van der Waals surface area contributed by atoms with Gasteiger partial charge in [-0.3, -0.25) is 18.6 Å². The van der Waals surface area contributed by atoms with E-state index in [0.717, 1.165) is 64.2 Å². The Hall–Kier alpha value is -0.550. The van der Waals surface area contributed by atoms with Gasteiger partial charge in [-0.1, -0.05) is 147 Å². The summed E-state index contributed by atoms with van der Waals surface area (Å²) in [6.45, 7) is 2.34. The maximum absolute atomic E-state index is 12.6. The van der Waals surface area contributed by atoms with Crippen LogP contribution in [0, 0.1) is 0 Å². The van der Waals surface area contributed by atoms with Crippen molar-refractivity contribution in [1.82, 2.24) is 0 Å². The average molecular weight is 770 g/mol. The van der Waals surface area contributed by atoms with Gasteiger partial charge in [-0.2, -0.15) is 0 Å². The molecule has 10 nitrogen and oxygen atoms in total. The first-order valence-corrected chi connectivity index (χ1v) is 21.8. The smallest absolute Gasteiger partial charge is 0.462 e. The number of rotatable bonds is 38. The molecule has 0 aliphatic heterocycles. The molecule has 301 valence electrons. The number of ether oxygens (including phenoxy) is 2. The Morgan fingerprint density at radius 3 is 1.54 bits per heavy atom. The first kappa shape index (κ1) is 53.6. The zero-order chi connectivity index (χ0) is 37.7. The molecule has 12 heteroatoms. The number of hydrogen-bond donors (Lipinski definition) is 3. The molecule has 3 N–H and O–H groups in total. The molecule has 0 saturated carbocycles. The topological polar surface area (TPSA) is 149 Å². The van der Waals surface area contributed by atoms with Crippen molar-refractivity contribution in [3.63, 3.8) is 0 Å². The summed E-state index contributed by atoms with van der Waals surface area (Å²) in [6.07, 6.45) is 34.2. The van der Waals surface area contributed by atoms with Crippen molar-refractivity contribution in [2.24, 2.45) is 0 Å². The minimum Gasteiger partial charge on any atom is -0.462 e. The minimum absolute atomic E-state index is 0. The standard InChI is InChI=1S/C40H75O10P.Na/c1-3-5-7-9-11-13-15-17-18-20-22-24-26-28-30-32-40(44)50-38(36-49-51(45,46)48-34-37(42)33-41)35-47-39(43)31-29-27-25-23-21-19-16-14-12-10-8-6-4-2;/h11,13,17-18,37-38,41-42H,3-10,12,14-16,19-36H2,1-2H3,(H,45,46);/b13-11-,18-17-;/t37?,38-;/m1./s1. The maximum Gasteiger partial charge on any atom is 0.472 e. The van der Waals surface area contributed by atoms with Crippen molar-refractivity contribution in [3.8, 4) is 0 Å². The molecule has 3 atom stereocenters. The number of esters is 2. The van der Waals surface area contributed by atoms with Crippen LogP contribution in [0.1, 0.15) is 181 Å². The molecule has 0 fully saturated rings. The Morgan fingerprint density at radius 1 is 0.596 bits per heavy atom. The Kier molecular flexibility index (Phi) is 41.3.